The van der Waals surface area contributed by atoms with Gasteiger partial charge in [0.05, 0.1) is 0 Å². The van der Waals surface area contributed by atoms with E-state index in [9.17, 15) is 4.79 Å². The zero-order valence-electron chi connectivity index (χ0n) is 11.5. The van der Waals surface area contributed by atoms with E-state index in [4.69, 9.17) is 10.8 Å². The standard InChI is InChI=1S/C15H19N3O2/c1-15(16,14(19)20)8-5-10-18-11-9-17-13(18)12-6-3-2-4-7-12/h2-4,6-7,9,11H,5,8,10,16H2,1H3,(H,19,20). The van der Waals surface area contributed by atoms with Crippen LogP contribution in [0.15, 0.2) is 42.7 Å². The highest BCUT2D eigenvalue weighted by Crippen LogP contribution is 2.18. The molecule has 0 aliphatic heterocycles. The van der Waals surface area contributed by atoms with Crippen molar-refractivity contribution in [1.82, 2.24) is 9.55 Å². The van der Waals surface area contributed by atoms with Gasteiger partial charge in [0.2, 0.25) is 0 Å². The van der Waals surface area contributed by atoms with Gasteiger partial charge < -0.3 is 15.4 Å². The summed E-state index contributed by atoms with van der Waals surface area (Å²) in [5.41, 5.74) is 5.60. The molecule has 1 heterocycles. The van der Waals surface area contributed by atoms with E-state index in [-0.39, 0.29) is 0 Å². The molecule has 3 N–H and O–H groups in total. The molecule has 5 heteroatoms. The number of carboxylic acid groups (broad SMARTS) is 1. The zero-order valence-corrected chi connectivity index (χ0v) is 11.5. The van der Waals surface area contributed by atoms with Gasteiger partial charge >= 0.3 is 5.97 Å². The largest absolute Gasteiger partial charge is 0.480 e. The minimum Gasteiger partial charge on any atom is -0.480 e. The number of aromatic nitrogens is 2. The van der Waals surface area contributed by atoms with E-state index < -0.39 is 11.5 Å². The zero-order chi connectivity index (χ0) is 14.6. The number of carbonyl (C=O) groups is 1. The third-order valence-corrected chi connectivity index (χ3v) is 3.33. The molecule has 0 bridgehead atoms. The van der Waals surface area contributed by atoms with Crippen LogP contribution in [0.1, 0.15) is 19.8 Å². The lowest BCUT2D eigenvalue weighted by Crippen LogP contribution is -2.44. The summed E-state index contributed by atoms with van der Waals surface area (Å²) in [7, 11) is 0. The Bertz CT molecular complexity index is 576. The summed E-state index contributed by atoms with van der Waals surface area (Å²) in [5, 5.41) is 8.99. The molecule has 0 fully saturated rings. The van der Waals surface area contributed by atoms with Crippen LogP contribution in [0, 0.1) is 0 Å². The van der Waals surface area contributed by atoms with E-state index in [0.29, 0.717) is 19.4 Å². The van der Waals surface area contributed by atoms with Crippen molar-refractivity contribution < 1.29 is 9.90 Å². The van der Waals surface area contributed by atoms with Crippen LogP contribution in [-0.2, 0) is 11.3 Å². The fourth-order valence-corrected chi connectivity index (χ4v) is 2.06. The van der Waals surface area contributed by atoms with Crippen LogP contribution in [0.25, 0.3) is 11.4 Å². The van der Waals surface area contributed by atoms with Crippen molar-refractivity contribution in [2.75, 3.05) is 0 Å². The average molecular weight is 273 g/mol. The Morgan fingerprint density at radius 2 is 2.10 bits per heavy atom. The predicted molar refractivity (Wildman–Crippen MR) is 77.1 cm³/mol. The topological polar surface area (TPSA) is 81.1 Å². The molecule has 0 saturated carbocycles. The molecule has 0 spiro atoms. The van der Waals surface area contributed by atoms with Crippen molar-refractivity contribution in [1.29, 1.82) is 0 Å². The van der Waals surface area contributed by atoms with Gasteiger partial charge in [-0.05, 0) is 19.8 Å². The molecule has 1 unspecified atom stereocenters. The minimum atomic E-state index is -1.17. The number of imidazole rings is 1. The first kappa shape index (κ1) is 14.3. The van der Waals surface area contributed by atoms with Gasteiger partial charge in [-0.15, -0.1) is 0 Å². The highest BCUT2D eigenvalue weighted by molar-refractivity contribution is 5.77. The molecule has 106 valence electrons. The molecule has 5 nitrogen and oxygen atoms in total. The van der Waals surface area contributed by atoms with Crippen LogP contribution in [0.4, 0.5) is 0 Å². The lowest BCUT2D eigenvalue weighted by molar-refractivity contribution is -0.142. The van der Waals surface area contributed by atoms with Crippen LogP contribution >= 0.6 is 0 Å². The summed E-state index contributed by atoms with van der Waals surface area (Å²) in [4.78, 5) is 15.3. The van der Waals surface area contributed by atoms with Crippen molar-refractivity contribution in [3.8, 4) is 11.4 Å². The summed E-state index contributed by atoms with van der Waals surface area (Å²) < 4.78 is 2.02. The summed E-state index contributed by atoms with van der Waals surface area (Å²) in [6, 6.07) is 9.90. The third-order valence-electron chi connectivity index (χ3n) is 3.33. The van der Waals surface area contributed by atoms with E-state index in [1.807, 2.05) is 41.1 Å². The number of benzene rings is 1. The van der Waals surface area contributed by atoms with Crippen LogP contribution in [0.3, 0.4) is 0 Å². The van der Waals surface area contributed by atoms with Gasteiger partial charge in [0.1, 0.15) is 11.4 Å². The number of nitrogens with zero attached hydrogens (tertiary/aromatic N) is 2. The summed E-state index contributed by atoms with van der Waals surface area (Å²) >= 11 is 0. The molecule has 0 radical (unpaired) electrons. The molecule has 1 aromatic heterocycles. The fourth-order valence-electron chi connectivity index (χ4n) is 2.06. The molecule has 2 aromatic rings. The van der Waals surface area contributed by atoms with Crippen molar-refractivity contribution in [3.05, 3.63) is 42.7 Å². The second-order valence-electron chi connectivity index (χ2n) is 5.14. The number of hydrogen-bond donors (Lipinski definition) is 2. The Balaban J connectivity index is 2.02. The molecule has 0 aliphatic carbocycles. The molecular weight excluding hydrogens is 254 g/mol. The minimum absolute atomic E-state index is 0.425. The van der Waals surface area contributed by atoms with Crippen LogP contribution < -0.4 is 5.73 Å². The maximum absolute atomic E-state index is 11.0. The lowest BCUT2D eigenvalue weighted by atomic mass is 9.97. The Labute approximate surface area is 118 Å². The van der Waals surface area contributed by atoms with E-state index in [0.717, 1.165) is 11.4 Å². The maximum atomic E-state index is 11.0. The highest BCUT2D eigenvalue weighted by atomic mass is 16.4. The Hall–Kier alpha value is -2.14. The van der Waals surface area contributed by atoms with Crippen LogP contribution in [-0.4, -0.2) is 26.2 Å². The molecular formula is C15H19N3O2. The molecule has 20 heavy (non-hydrogen) atoms. The SMILES string of the molecule is CC(N)(CCCn1ccnc1-c1ccccc1)C(=O)O. The Morgan fingerprint density at radius 3 is 2.75 bits per heavy atom. The summed E-state index contributed by atoms with van der Waals surface area (Å²) in [5.74, 6) is -0.0777. The normalized spacial score (nSPS) is 13.9. The number of aryl methyl sites for hydroxylation is 1. The highest BCUT2D eigenvalue weighted by Gasteiger charge is 2.26. The van der Waals surface area contributed by atoms with E-state index >= 15 is 0 Å². The van der Waals surface area contributed by atoms with Gasteiger partial charge in [-0.1, -0.05) is 30.3 Å². The van der Waals surface area contributed by atoms with Gasteiger partial charge in [0.15, 0.2) is 0 Å². The van der Waals surface area contributed by atoms with Crippen molar-refractivity contribution in [3.63, 3.8) is 0 Å². The van der Waals surface area contributed by atoms with E-state index in [1.54, 1.807) is 13.1 Å². The van der Waals surface area contributed by atoms with Crippen molar-refractivity contribution >= 4 is 5.97 Å². The Morgan fingerprint density at radius 1 is 1.40 bits per heavy atom. The predicted octanol–water partition coefficient (Wildman–Crippen LogP) is 2.13. The maximum Gasteiger partial charge on any atom is 0.323 e. The smallest absolute Gasteiger partial charge is 0.323 e. The molecule has 2 rings (SSSR count). The third kappa shape index (κ3) is 3.24. The summed E-state index contributed by atoms with van der Waals surface area (Å²) in [6.45, 7) is 2.24. The second-order valence-corrected chi connectivity index (χ2v) is 5.14. The quantitative estimate of drug-likeness (QED) is 0.844. The van der Waals surface area contributed by atoms with E-state index in [2.05, 4.69) is 4.98 Å². The van der Waals surface area contributed by atoms with Gasteiger partial charge in [-0.2, -0.15) is 0 Å². The van der Waals surface area contributed by atoms with Crippen molar-refractivity contribution in [2.24, 2.45) is 5.73 Å². The Kier molecular flexibility index (Phi) is 4.20. The van der Waals surface area contributed by atoms with Gasteiger partial charge in [-0.25, -0.2) is 4.98 Å². The first-order valence-corrected chi connectivity index (χ1v) is 6.59. The number of rotatable bonds is 6. The van der Waals surface area contributed by atoms with Crippen molar-refractivity contribution in [2.45, 2.75) is 31.8 Å². The molecule has 1 atom stereocenters. The van der Waals surface area contributed by atoms with Crippen LogP contribution in [0.5, 0.6) is 0 Å². The number of carboxylic acids is 1. The average Bonchev–Trinajstić information content (AvgIpc) is 2.88. The number of aliphatic carboxylic acids is 1. The molecule has 0 aliphatic rings. The van der Waals surface area contributed by atoms with Crippen LogP contribution in [0.2, 0.25) is 0 Å². The molecule has 1 aromatic carbocycles. The molecule has 0 amide bonds. The second kappa shape index (κ2) is 5.88. The first-order chi connectivity index (χ1) is 9.50. The number of nitrogens with two attached hydrogens (primary N) is 1. The van der Waals surface area contributed by atoms with Gasteiger partial charge in [-0.3, -0.25) is 4.79 Å². The van der Waals surface area contributed by atoms with Gasteiger partial charge in [0.25, 0.3) is 0 Å². The lowest BCUT2D eigenvalue weighted by Gasteiger charge is -2.19. The fraction of sp³-hybridized carbons (Fsp3) is 0.333. The van der Waals surface area contributed by atoms with Gasteiger partial charge in [0, 0.05) is 24.5 Å². The number of hydrogen-bond acceptors (Lipinski definition) is 3. The monoisotopic (exact) mass is 273 g/mol. The summed E-state index contributed by atoms with van der Waals surface area (Å²) in [6.07, 6.45) is 4.77. The van der Waals surface area contributed by atoms with E-state index in [1.165, 1.54) is 0 Å². The molecule has 0 saturated heterocycles. The first-order valence-electron chi connectivity index (χ1n) is 6.59.